The van der Waals surface area contributed by atoms with Crippen molar-refractivity contribution < 1.29 is 22.7 Å². The van der Waals surface area contributed by atoms with Crippen LogP contribution >= 0.6 is 11.3 Å². The zero-order valence-electron chi connectivity index (χ0n) is 12.8. The predicted octanol–water partition coefficient (Wildman–Crippen LogP) is -0.545. The average Bonchev–Trinajstić information content (AvgIpc) is 2.89. The number of aromatic nitrogens is 1. The van der Waals surface area contributed by atoms with E-state index in [0.29, 0.717) is 12.1 Å². The van der Waals surface area contributed by atoms with Gasteiger partial charge in [0.15, 0.2) is 16.4 Å². The summed E-state index contributed by atoms with van der Waals surface area (Å²) in [5, 5.41) is 4.21. The molecule has 1 fully saturated rings. The molecular formula is C13H18N2O6S2. The summed E-state index contributed by atoms with van der Waals surface area (Å²) in [7, 11) is -3.13. The molecule has 1 saturated heterocycles. The lowest BCUT2D eigenvalue weighted by Crippen LogP contribution is -2.48. The second-order valence-electron chi connectivity index (χ2n) is 5.84. The molecule has 8 nitrogen and oxygen atoms in total. The number of nitrogens with one attached hydrogen (secondary N) is 1. The van der Waals surface area contributed by atoms with Crippen molar-refractivity contribution >= 4 is 33.1 Å². The van der Waals surface area contributed by atoms with Gasteiger partial charge in [0.1, 0.15) is 6.54 Å². The van der Waals surface area contributed by atoms with Gasteiger partial charge in [0.25, 0.3) is 5.91 Å². The predicted molar refractivity (Wildman–Crippen MR) is 84.1 cm³/mol. The van der Waals surface area contributed by atoms with Crippen molar-refractivity contribution in [1.82, 2.24) is 9.88 Å². The van der Waals surface area contributed by atoms with Gasteiger partial charge < -0.3 is 10.1 Å². The van der Waals surface area contributed by atoms with Crippen LogP contribution in [0.2, 0.25) is 0 Å². The van der Waals surface area contributed by atoms with Gasteiger partial charge in [0.2, 0.25) is 0 Å². The molecule has 10 heteroatoms. The third-order valence-electron chi connectivity index (χ3n) is 3.57. The lowest BCUT2D eigenvalue weighted by atomic mass is 10.0. The van der Waals surface area contributed by atoms with Crippen LogP contribution < -0.4 is 10.2 Å². The van der Waals surface area contributed by atoms with Gasteiger partial charge in [0.05, 0.1) is 17.0 Å². The number of carbonyl (C=O) groups is 2. The van der Waals surface area contributed by atoms with Crippen LogP contribution in [0.25, 0.3) is 0 Å². The fraction of sp³-hybridized carbons (Fsp3) is 0.615. The Hall–Kier alpha value is -1.68. The van der Waals surface area contributed by atoms with E-state index < -0.39 is 33.9 Å². The van der Waals surface area contributed by atoms with Gasteiger partial charge in [-0.05, 0) is 20.3 Å². The Balaban J connectivity index is 1.83. The molecule has 0 saturated carbocycles. The molecule has 0 unspecified atom stereocenters. The number of esters is 1. The van der Waals surface area contributed by atoms with Crippen molar-refractivity contribution in [3.63, 3.8) is 0 Å². The minimum Gasteiger partial charge on any atom is -0.454 e. The molecule has 23 heavy (non-hydrogen) atoms. The minimum absolute atomic E-state index is 0.0317. The third kappa shape index (κ3) is 4.64. The van der Waals surface area contributed by atoms with Gasteiger partial charge >= 0.3 is 10.8 Å². The van der Waals surface area contributed by atoms with Gasteiger partial charge in [-0.1, -0.05) is 11.3 Å². The number of nitrogens with zero attached hydrogens (tertiary/aromatic N) is 1. The van der Waals surface area contributed by atoms with Crippen LogP contribution in [0.4, 0.5) is 0 Å². The average molecular weight is 362 g/mol. The lowest BCUT2D eigenvalue weighted by Gasteiger charge is -2.23. The molecule has 1 amide bonds. The standard InChI is InChI=1S/C13H18N2O6S2/c1-9-7-22-12(18)15(9)5-11(17)21-6-10(16)14-13(2)3-4-23(19,20)8-13/h7H,3-6,8H2,1-2H3,(H,14,16)/t13-/m1/s1. The maximum Gasteiger partial charge on any atom is 0.326 e. The molecule has 0 spiro atoms. The Kier molecular flexibility index (Phi) is 4.95. The highest BCUT2D eigenvalue weighted by molar-refractivity contribution is 7.91. The fourth-order valence-corrected chi connectivity index (χ4v) is 5.23. The molecule has 0 aromatic carbocycles. The zero-order valence-corrected chi connectivity index (χ0v) is 14.5. The number of aryl methyl sites for hydroxylation is 1. The zero-order chi connectivity index (χ0) is 17.3. The summed E-state index contributed by atoms with van der Waals surface area (Å²) in [6.45, 7) is 2.57. The quantitative estimate of drug-likeness (QED) is 0.704. The first-order valence-corrected chi connectivity index (χ1v) is 9.62. The number of amides is 1. The molecule has 2 rings (SSSR count). The summed E-state index contributed by atoms with van der Waals surface area (Å²) in [6, 6.07) is 0. The fourth-order valence-electron chi connectivity index (χ4n) is 2.40. The smallest absolute Gasteiger partial charge is 0.326 e. The number of ether oxygens (including phenoxy) is 1. The van der Waals surface area contributed by atoms with E-state index in [1.165, 1.54) is 4.57 Å². The maximum absolute atomic E-state index is 11.8. The number of thiazole rings is 1. The third-order valence-corrected chi connectivity index (χ3v) is 6.36. The summed E-state index contributed by atoms with van der Waals surface area (Å²) < 4.78 is 29.0. The van der Waals surface area contributed by atoms with Gasteiger partial charge in [0, 0.05) is 11.1 Å². The number of rotatable bonds is 5. The first-order valence-electron chi connectivity index (χ1n) is 6.92. The Labute approximate surface area is 137 Å². The highest BCUT2D eigenvalue weighted by atomic mass is 32.2. The molecule has 1 N–H and O–H groups in total. The molecule has 1 aliphatic rings. The van der Waals surface area contributed by atoms with Crippen LogP contribution in [0.15, 0.2) is 10.2 Å². The van der Waals surface area contributed by atoms with Crippen molar-refractivity contribution in [3.05, 3.63) is 20.7 Å². The monoisotopic (exact) mass is 362 g/mol. The lowest BCUT2D eigenvalue weighted by molar-refractivity contribution is -0.149. The Morgan fingerprint density at radius 3 is 2.70 bits per heavy atom. The molecule has 1 aromatic heterocycles. The molecule has 1 aromatic rings. The van der Waals surface area contributed by atoms with Gasteiger partial charge in [-0.3, -0.25) is 19.0 Å². The highest BCUT2D eigenvalue weighted by Gasteiger charge is 2.39. The SMILES string of the molecule is Cc1csc(=O)n1CC(=O)OCC(=O)N[C@]1(C)CCS(=O)(=O)C1. The Morgan fingerprint density at radius 1 is 1.48 bits per heavy atom. The van der Waals surface area contributed by atoms with Crippen LogP contribution in [0.3, 0.4) is 0 Å². The molecule has 128 valence electrons. The summed E-state index contributed by atoms with van der Waals surface area (Å²) >= 11 is 0.981. The van der Waals surface area contributed by atoms with E-state index >= 15 is 0 Å². The van der Waals surface area contributed by atoms with Gasteiger partial charge in [-0.15, -0.1) is 0 Å². The number of carbonyl (C=O) groups excluding carboxylic acids is 2. The van der Waals surface area contributed by atoms with E-state index in [-0.39, 0.29) is 22.9 Å². The second-order valence-corrected chi connectivity index (χ2v) is 8.85. The van der Waals surface area contributed by atoms with E-state index in [1.807, 2.05) is 0 Å². The summed E-state index contributed by atoms with van der Waals surface area (Å²) in [6.07, 6.45) is 0.332. The molecule has 0 radical (unpaired) electrons. The Bertz CT molecular complexity index is 779. The van der Waals surface area contributed by atoms with Gasteiger partial charge in [-0.2, -0.15) is 0 Å². The van der Waals surface area contributed by atoms with E-state index in [0.717, 1.165) is 11.3 Å². The normalized spacial score (nSPS) is 22.7. The summed E-state index contributed by atoms with van der Waals surface area (Å²) in [4.78, 5) is 34.7. The minimum atomic E-state index is -3.13. The first-order chi connectivity index (χ1) is 10.6. The van der Waals surface area contributed by atoms with Gasteiger partial charge in [-0.25, -0.2) is 8.42 Å². The molecular weight excluding hydrogens is 344 g/mol. The largest absolute Gasteiger partial charge is 0.454 e. The second kappa shape index (κ2) is 6.44. The van der Waals surface area contributed by atoms with E-state index in [9.17, 15) is 22.8 Å². The van der Waals surface area contributed by atoms with Crippen LogP contribution in [-0.4, -0.2) is 48.5 Å². The number of hydrogen-bond acceptors (Lipinski definition) is 7. The molecule has 0 bridgehead atoms. The van der Waals surface area contributed by atoms with Crippen LogP contribution in [0, 0.1) is 6.92 Å². The van der Waals surface area contributed by atoms with Crippen molar-refractivity contribution in [1.29, 1.82) is 0 Å². The van der Waals surface area contributed by atoms with E-state index in [4.69, 9.17) is 4.74 Å². The molecule has 0 aliphatic carbocycles. The summed E-state index contributed by atoms with van der Waals surface area (Å²) in [5.41, 5.74) is -0.187. The Morgan fingerprint density at radius 2 is 2.17 bits per heavy atom. The van der Waals surface area contributed by atoms with E-state index in [1.54, 1.807) is 19.2 Å². The maximum atomic E-state index is 11.8. The highest BCUT2D eigenvalue weighted by Crippen LogP contribution is 2.22. The van der Waals surface area contributed by atoms with Crippen molar-refractivity contribution in [2.45, 2.75) is 32.4 Å². The van der Waals surface area contributed by atoms with Crippen molar-refractivity contribution in [2.24, 2.45) is 0 Å². The van der Waals surface area contributed by atoms with Crippen LogP contribution in [0.5, 0.6) is 0 Å². The molecule has 1 aliphatic heterocycles. The van der Waals surface area contributed by atoms with E-state index in [2.05, 4.69) is 5.32 Å². The first kappa shape index (κ1) is 17.7. The van der Waals surface area contributed by atoms with Crippen LogP contribution in [0.1, 0.15) is 19.0 Å². The van der Waals surface area contributed by atoms with Crippen molar-refractivity contribution in [2.75, 3.05) is 18.1 Å². The molecule has 2 heterocycles. The van der Waals surface area contributed by atoms with Crippen molar-refractivity contribution in [3.8, 4) is 0 Å². The summed E-state index contributed by atoms with van der Waals surface area (Å²) in [5.74, 6) is -1.35. The van der Waals surface area contributed by atoms with Crippen LogP contribution in [-0.2, 0) is 30.7 Å². The topological polar surface area (TPSA) is 112 Å². The molecule has 1 atom stereocenters. The number of hydrogen-bond donors (Lipinski definition) is 1. The number of sulfone groups is 1.